The van der Waals surface area contributed by atoms with Crippen LogP contribution in [0.1, 0.15) is 20.8 Å². The molecule has 0 heterocycles. The van der Waals surface area contributed by atoms with Gasteiger partial charge in [0.05, 0.1) is 0 Å². The van der Waals surface area contributed by atoms with Gasteiger partial charge in [-0.15, -0.1) is 0 Å². The molecule has 0 N–H and O–H groups in total. The molecule has 0 aromatic rings. The Morgan fingerprint density at radius 1 is 1.40 bits per heavy atom. The van der Waals surface area contributed by atoms with Crippen LogP contribution in [0.3, 0.4) is 0 Å². The molecule has 0 aliphatic rings. The highest BCUT2D eigenvalue weighted by atomic mass is 79.9. The van der Waals surface area contributed by atoms with Crippen molar-refractivity contribution in [2.24, 2.45) is 0 Å². The molecule has 0 amide bonds. The molecule has 10 heavy (non-hydrogen) atoms. The topological polar surface area (TPSA) is 0 Å². The smallest absolute Gasteiger partial charge is 0.0171 e. The van der Waals surface area contributed by atoms with Crippen molar-refractivity contribution >= 4 is 15.9 Å². The number of hydrogen-bond acceptors (Lipinski definition) is 0. The summed E-state index contributed by atoms with van der Waals surface area (Å²) in [5.74, 6) is 0. The summed E-state index contributed by atoms with van der Waals surface area (Å²) in [5.41, 5.74) is 1.02. The van der Waals surface area contributed by atoms with Gasteiger partial charge >= 0.3 is 0 Å². The largest absolute Gasteiger partial charge is 0.0979 e. The minimum Gasteiger partial charge on any atom is -0.0979 e. The van der Waals surface area contributed by atoms with E-state index in [0.717, 1.165) is 10.1 Å². The lowest BCUT2D eigenvalue weighted by atomic mass is 10.3. The first-order chi connectivity index (χ1) is 4.66. The Morgan fingerprint density at radius 3 is 1.90 bits per heavy atom. The highest BCUT2D eigenvalue weighted by Gasteiger charge is 1.79. The minimum atomic E-state index is 0.977. The highest BCUT2D eigenvalue weighted by Crippen LogP contribution is 2.07. The van der Waals surface area contributed by atoms with Gasteiger partial charge in [-0.3, -0.25) is 0 Å². The maximum absolute atomic E-state index is 3.69. The first-order valence-electron chi connectivity index (χ1n) is 3.32. The molecule has 58 valence electrons. The van der Waals surface area contributed by atoms with Gasteiger partial charge in [0.25, 0.3) is 0 Å². The van der Waals surface area contributed by atoms with Gasteiger partial charge in [0, 0.05) is 4.48 Å². The van der Waals surface area contributed by atoms with E-state index in [1.54, 1.807) is 6.08 Å². The summed E-state index contributed by atoms with van der Waals surface area (Å²) in [5, 5.41) is 0. The van der Waals surface area contributed by atoms with E-state index >= 15 is 0 Å². The summed E-state index contributed by atoms with van der Waals surface area (Å²) >= 11 is 3.26. The van der Waals surface area contributed by atoms with Gasteiger partial charge in [-0.25, -0.2) is 0 Å². The quantitative estimate of drug-likeness (QED) is 0.594. The normalized spacial score (nSPS) is 9.40. The van der Waals surface area contributed by atoms with Crippen LogP contribution < -0.4 is 0 Å². The third-order valence-corrected chi connectivity index (χ3v) is 1.13. The van der Waals surface area contributed by atoms with Crippen LogP contribution in [0.2, 0.25) is 0 Å². The second-order valence-corrected chi connectivity index (χ2v) is 2.50. The van der Waals surface area contributed by atoms with Gasteiger partial charge in [-0.1, -0.05) is 54.6 Å². The standard InChI is InChI=1S/C7H9Br.C2H6/c1-4-7(8)5-6(2)3;1-2/h4-5H,1-2H2,3H3;1-2H3/b7-5+;. The maximum atomic E-state index is 3.69. The van der Waals surface area contributed by atoms with Crippen LogP contribution in [-0.2, 0) is 0 Å². The lowest BCUT2D eigenvalue weighted by molar-refractivity contribution is 1.50. The van der Waals surface area contributed by atoms with E-state index in [1.807, 2.05) is 26.8 Å². The predicted molar refractivity (Wildman–Crippen MR) is 53.4 cm³/mol. The van der Waals surface area contributed by atoms with Gasteiger partial charge in [0.15, 0.2) is 0 Å². The van der Waals surface area contributed by atoms with Crippen LogP contribution in [0.15, 0.2) is 35.4 Å². The molecule has 0 spiro atoms. The zero-order valence-electron chi connectivity index (χ0n) is 6.95. The number of hydrogen-bond donors (Lipinski definition) is 0. The minimum absolute atomic E-state index is 0.977. The first-order valence-corrected chi connectivity index (χ1v) is 4.11. The van der Waals surface area contributed by atoms with Crippen LogP contribution >= 0.6 is 15.9 Å². The second-order valence-electron chi connectivity index (χ2n) is 1.58. The average molecular weight is 203 g/mol. The molecule has 0 radical (unpaired) electrons. The van der Waals surface area contributed by atoms with E-state index in [-0.39, 0.29) is 0 Å². The van der Waals surface area contributed by atoms with Crippen molar-refractivity contribution < 1.29 is 0 Å². The molecule has 0 aliphatic carbocycles. The van der Waals surface area contributed by atoms with Crippen molar-refractivity contribution in [1.82, 2.24) is 0 Å². The molecule has 0 fully saturated rings. The van der Waals surface area contributed by atoms with E-state index in [1.165, 1.54) is 0 Å². The van der Waals surface area contributed by atoms with Gasteiger partial charge in [-0.05, 0) is 13.0 Å². The Bertz CT molecular complexity index is 132. The van der Waals surface area contributed by atoms with Crippen LogP contribution in [0, 0.1) is 0 Å². The van der Waals surface area contributed by atoms with Crippen molar-refractivity contribution in [3.05, 3.63) is 35.4 Å². The van der Waals surface area contributed by atoms with E-state index in [9.17, 15) is 0 Å². The highest BCUT2D eigenvalue weighted by molar-refractivity contribution is 9.11. The van der Waals surface area contributed by atoms with Crippen molar-refractivity contribution in [3.8, 4) is 0 Å². The zero-order valence-corrected chi connectivity index (χ0v) is 8.53. The third kappa shape index (κ3) is 10.6. The molecule has 0 aliphatic heterocycles. The summed E-state index contributed by atoms with van der Waals surface area (Å²) in [4.78, 5) is 0. The summed E-state index contributed by atoms with van der Waals surface area (Å²) in [6.07, 6.45) is 3.64. The maximum Gasteiger partial charge on any atom is 0.0171 e. The molecule has 0 saturated carbocycles. The van der Waals surface area contributed by atoms with Crippen molar-refractivity contribution in [2.45, 2.75) is 20.8 Å². The molecule has 0 unspecified atom stereocenters. The first kappa shape index (κ1) is 12.4. The molecule has 0 aromatic carbocycles. The zero-order chi connectivity index (χ0) is 8.57. The summed E-state index contributed by atoms with van der Waals surface area (Å²) in [6.45, 7) is 13.2. The van der Waals surface area contributed by atoms with E-state index in [4.69, 9.17) is 0 Å². The summed E-state index contributed by atoms with van der Waals surface area (Å²) < 4.78 is 0.977. The number of halogens is 1. The van der Waals surface area contributed by atoms with Crippen molar-refractivity contribution in [1.29, 1.82) is 0 Å². The molecular weight excluding hydrogens is 188 g/mol. The van der Waals surface area contributed by atoms with Gasteiger partial charge in [-0.2, -0.15) is 0 Å². The predicted octanol–water partition coefficient (Wildman–Crippen LogP) is 4.05. The third-order valence-electron chi connectivity index (χ3n) is 0.579. The Morgan fingerprint density at radius 2 is 1.80 bits per heavy atom. The fourth-order valence-corrected chi connectivity index (χ4v) is 0.685. The molecule has 0 rings (SSSR count). The molecule has 0 atom stereocenters. The molecule has 0 saturated heterocycles. The Labute approximate surface area is 72.5 Å². The fraction of sp³-hybridized carbons (Fsp3) is 0.333. The Hall–Kier alpha value is -0.300. The monoisotopic (exact) mass is 202 g/mol. The van der Waals surface area contributed by atoms with Crippen LogP contribution in [0.4, 0.5) is 0 Å². The molecule has 1 heteroatoms. The van der Waals surface area contributed by atoms with Crippen LogP contribution in [0.25, 0.3) is 0 Å². The number of rotatable bonds is 2. The fourth-order valence-electron chi connectivity index (χ4n) is 0.294. The lowest BCUT2D eigenvalue weighted by Crippen LogP contribution is -1.62. The molecule has 0 bridgehead atoms. The van der Waals surface area contributed by atoms with Crippen molar-refractivity contribution in [2.75, 3.05) is 0 Å². The van der Waals surface area contributed by atoms with Gasteiger partial charge < -0.3 is 0 Å². The van der Waals surface area contributed by atoms with E-state index < -0.39 is 0 Å². The summed E-state index contributed by atoms with van der Waals surface area (Å²) in [6, 6.07) is 0. The summed E-state index contributed by atoms with van der Waals surface area (Å²) in [7, 11) is 0. The average Bonchev–Trinajstić information content (AvgIpc) is 1.91. The van der Waals surface area contributed by atoms with E-state index in [2.05, 4.69) is 29.1 Å². The van der Waals surface area contributed by atoms with Crippen LogP contribution in [0.5, 0.6) is 0 Å². The molecular formula is C9H15Br. The Balaban J connectivity index is 0. The van der Waals surface area contributed by atoms with Crippen molar-refractivity contribution in [3.63, 3.8) is 0 Å². The lowest BCUT2D eigenvalue weighted by Gasteiger charge is -1.85. The van der Waals surface area contributed by atoms with Crippen LogP contribution in [-0.4, -0.2) is 0 Å². The number of allylic oxidation sites excluding steroid dienone is 4. The van der Waals surface area contributed by atoms with Gasteiger partial charge in [0.2, 0.25) is 0 Å². The van der Waals surface area contributed by atoms with Gasteiger partial charge in [0.1, 0.15) is 0 Å². The SMILES string of the molecule is C=C/C(Br)=C\C(=C)C.CC. The molecule has 0 aromatic heterocycles. The molecule has 0 nitrogen and oxygen atoms in total. The second kappa shape index (κ2) is 8.70. The Kier molecular flexibility index (Phi) is 10.8. The van der Waals surface area contributed by atoms with E-state index in [0.29, 0.717) is 0 Å².